The fraction of sp³-hybridized carbons (Fsp3) is 0.905. The highest BCUT2D eigenvalue weighted by Crippen LogP contribution is 2.09. The van der Waals surface area contributed by atoms with Gasteiger partial charge in [0.05, 0.1) is 13.2 Å². The summed E-state index contributed by atoms with van der Waals surface area (Å²) in [5, 5.41) is 0. The van der Waals surface area contributed by atoms with Gasteiger partial charge in [-0.05, 0) is 18.8 Å². The van der Waals surface area contributed by atoms with Gasteiger partial charge in [0.1, 0.15) is 13.2 Å². The number of unbranched alkanes of at least 4 members (excludes halogenated alkanes) is 8. The maximum atomic E-state index is 11.5. The highest BCUT2D eigenvalue weighted by atomic mass is 16.6. The van der Waals surface area contributed by atoms with Crippen LogP contribution in [0.4, 0.5) is 0 Å². The summed E-state index contributed by atoms with van der Waals surface area (Å²) in [6, 6.07) is 0. The Morgan fingerprint density at radius 2 is 1.27 bits per heavy atom. The third kappa shape index (κ3) is 17.7. The summed E-state index contributed by atoms with van der Waals surface area (Å²) in [4.78, 5) is 23.0. The van der Waals surface area contributed by atoms with Crippen LogP contribution in [0, 0.1) is 5.92 Å². The number of ether oxygens (including phenoxy) is 3. The number of carbonyl (C=O) groups excluding carboxylic acids is 2. The number of hydrogen-bond acceptors (Lipinski definition) is 5. The Kier molecular flexibility index (Phi) is 17.9. The van der Waals surface area contributed by atoms with Crippen molar-refractivity contribution < 1.29 is 23.8 Å². The summed E-state index contributed by atoms with van der Waals surface area (Å²) >= 11 is 0. The lowest BCUT2D eigenvalue weighted by atomic mass is 10.1. The molecule has 0 fully saturated rings. The number of hydrogen-bond donors (Lipinski definition) is 0. The topological polar surface area (TPSA) is 61.8 Å². The molecule has 0 saturated heterocycles. The van der Waals surface area contributed by atoms with Crippen molar-refractivity contribution >= 4 is 11.9 Å². The fourth-order valence-electron chi connectivity index (χ4n) is 2.71. The zero-order chi connectivity index (χ0) is 19.5. The molecule has 0 aromatic carbocycles. The molecule has 0 aromatic rings. The van der Waals surface area contributed by atoms with E-state index in [0.29, 0.717) is 19.1 Å². The van der Waals surface area contributed by atoms with Gasteiger partial charge in [-0.1, -0.05) is 78.6 Å². The van der Waals surface area contributed by atoms with Crippen LogP contribution in [0.5, 0.6) is 0 Å². The molecule has 0 saturated carbocycles. The summed E-state index contributed by atoms with van der Waals surface area (Å²) in [5.74, 6) is -0.498. The number of rotatable bonds is 18. The summed E-state index contributed by atoms with van der Waals surface area (Å²) in [6.45, 7) is 6.80. The largest absolute Gasteiger partial charge is 0.464 e. The zero-order valence-corrected chi connectivity index (χ0v) is 17.2. The summed E-state index contributed by atoms with van der Waals surface area (Å²) in [7, 11) is 0. The Morgan fingerprint density at radius 3 is 1.85 bits per heavy atom. The van der Waals surface area contributed by atoms with Crippen LogP contribution in [0.3, 0.4) is 0 Å². The van der Waals surface area contributed by atoms with E-state index >= 15 is 0 Å². The minimum Gasteiger partial charge on any atom is -0.464 e. The van der Waals surface area contributed by atoms with E-state index in [9.17, 15) is 9.59 Å². The minimum absolute atomic E-state index is 0.197. The van der Waals surface area contributed by atoms with Gasteiger partial charge in [-0.3, -0.25) is 0 Å². The Morgan fingerprint density at radius 1 is 0.731 bits per heavy atom. The van der Waals surface area contributed by atoms with Crippen LogP contribution in [0.1, 0.15) is 91.4 Å². The van der Waals surface area contributed by atoms with E-state index in [1.807, 2.05) is 6.92 Å². The second-order valence-electron chi connectivity index (χ2n) is 7.12. The lowest BCUT2D eigenvalue weighted by molar-refractivity contribution is -0.156. The minimum atomic E-state index is -0.431. The molecule has 5 nitrogen and oxygen atoms in total. The Bertz CT molecular complexity index is 343. The highest BCUT2D eigenvalue weighted by Gasteiger charge is 2.09. The van der Waals surface area contributed by atoms with Crippen molar-refractivity contribution in [3.8, 4) is 0 Å². The standard InChI is InChI=1S/C21H40O5/c1-4-6-7-8-9-10-11-12-13-15-25-20(22)17-24-18-21(23)26-16-19(3)14-5-2/h19H,4-18H2,1-3H3. The lowest BCUT2D eigenvalue weighted by Gasteiger charge is -2.11. The molecule has 0 rings (SSSR count). The third-order valence-corrected chi connectivity index (χ3v) is 4.26. The molecule has 0 aliphatic rings. The molecule has 0 aliphatic carbocycles. The zero-order valence-electron chi connectivity index (χ0n) is 17.2. The van der Waals surface area contributed by atoms with Gasteiger partial charge in [0.15, 0.2) is 0 Å². The molecule has 0 bridgehead atoms. The van der Waals surface area contributed by atoms with Crippen LogP contribution < -0.4 is 0 Å². The van der Waals surface area contributed by atoms with Gasteiger partial charge in [-0.25, -0.2) is 9.59 Å². The van der Waals surface area contributed by atoms with Crippen LogP contribution in [0.25, 0.3) is 0 Å². The van der Waals surface area contributed by atoms with Crippen molar-refractivity contribution in [3.63, 3.8) is 0 Å². The molecular formula is C21H40O5. The molecule has 0 heterocycles. The average Bonchev–Trinajstić information content (AvgIpc) is 2.62. The van der Waals surface area contributed by atoms with Crippen LogP contribution in [-0.2, 0) is 23.8 Å². The van der Waals surface area contributed by atoms with Gasteiger partial charge in [0, 0.05) is 0 Å². The first-order chi connectivity index (χ1) is 12.6. The van der Waals surface area contributed by atoms with Crippen LogP contribution in [0.15, 0.2) is 0 Å². The van der Waals surface area contributed by atoms with E-state index in [2.05, 4.69) is 13.8 Å². The van der Waals surface area contributed by atoms with E-state index in [-0.39, 0.29) is 13.2 Å². The van der Waals surface area contributed by atoms with Crippen molar-refractivity contribution in [1.29, 1.82) is 0 Å². The van der Waals surface area contributed by atoms with E-state index in [1.165, 1.54) is 44.9 Å². The normalized spacial score (nSPS) is 12.0. The molecule has 0 aromatic heterocycles. The van der Waals surface area contributed by atoms with Gasteiger partial charge in [0.2, 0.25) is 0 Å². The molecule has 0 amide bonds. The molecule has 0 N–H and O–H groups in total. The predicted molar refractivity (Wildman–Crippen MR) is 104 cm³/mol. The van der Waals surface area contributed by atoms with Gasteiger partial charge >= 0.3 is 11.9 Å². The molecule has 0 spiro atoms. The van der Waals surface area contributed by atoms with E-state index < -0.39 is 11.9 Å². The monoisotopic (exact) mass is 372 g/mol. The van der Waals surface area contributed by atoms with Gasteiger partial charge in [-0.2, -0.15) is 0 Å². The predicted octanol–water partition coefficient (Wildman–Crippen LogP) is 5.06. The molecule has 0 radical (unpaired) electrons. The SMILES string of the molecule is CCCCCCCCCCCOC(=O)COCC(=O)OCC(C)CCC. The van der Waals surface area contributed by atoms with Crippen molar-refractivity contribution in [1.82, 2.24) is 0 Å². The number of carbonyl (C=O) groups is 2. The summed E-state index contributed by atoms with van der Waals surface area (Å²) in [6.07, 6.45) is 13.1. The summed E-state index contributed by atoms with van der Waals surface area (Å²) in [5.41, 5.74) is 0. The first kappa shape index (κ1) is 24.9. The van der Waals surface area contributed by atoms with Crippen molar-refractivity contribution in [2.45, 2.75) is 91.4 Å². The van der Waals surface area contributed by atoms with E-state index in [1.54, 1.807) is 0 Å². The second kappa shape index (κ2) is 18.7. The fourth-order valence-corrected chi connectivity index (χ4v) is 2.71. The molecule has 154 valence electrons. The van der Waals surface area contributed by atoms with Crippen molar-refractivity contribution in [2.75, 3.05) is 26.4 Å². The Labute approximate surface area is 160 Å². The molecule has 0 aliphatic heterocycles. The van der Waals surface area contributed by atoms with Gasteiger partial charge in [0.25, 0.3) is 0 Å². The lowest BCUT2D eigenvalue weighted by Crippen LogP contribution is -2.20. The average molecular weight is 373 g/mol. The molecular weight excluding hydrogens is 332 g/mol. The van der Waals surface area contributed by atoms with Crippen LogP contribution in [0.2, 0.25) is 0 Å². The quantitative estimate of drug-likeness (QED) is 0.249. The van der Waals surface area contributed by atoms with Crippen LogP contribution >= 0.6 is 0 Å². The van der Waals surface area contributed by atoms with E-state index in [4.69, 9.17) is 14.2 Å². The summed E-state index contributed by atoms with van der Waals surface area (Å²) < 4.78 is 15.2. The molecule has 1 unspecified atom stereocenters. The van der Waals surface area contributed by atoms with Gasteiger partial charge < -0.3 is 14.2 Å². The first-order valence-electron chi connectivity index (χ1n) is 10.5. The van der Waals surface area contributed by atoms with Gasteiger partial charge in [-0.15, -0.1) is 0 Å². The van der Waals surface area contributed by atoms with Crippen molar-refractivity contribution in [3.05, 3.63) is 0 Å². The highest BCUT2D eigenvalue weighted by molar-refractivity contribution is 5.73. The first-order valence-corrected chi connectivity index (χ1v) is 10.5. The molecule has 5 heteroatoms. The Hall–Kier alpha value is -1.10. The van der Waals surface area contributed by atoms with Crippen LogP contribution in [-0.4, -0.2) is 38.4 Å². The Balaban J connectivity index is 3.37. The maximum Gasteiger partial charge on any atom is 0.332 e. The molecule has 1 atom stereocenters. The molecule has 26 heavy (non-hydrogen) atoms. The third-order valence-electron chi connectivity index (χ3n) is 4.26. The van der Waals surface area contributed by atoms with E-state index in [0.717, 1.165) is 25.7 Å². The maximum absolute atomic E-state index is 11.5. The number of esters is 2. The van der Waals surface area contributed by atoms with Crippen molar-refractivity contribution in [2.24, 2.45) is 5.92 Å². The second-order valence-corrected chi connectivity index (χ2v) is 7.12. The smallest absolute Gasteiger partial charge is 0.332 e.